The number of ether oxygens (including phenoxy) is 1. The predicted molar refractivity (Wildman–Crippen MR) is 128 cm³/mol. The molecule has 6 heterocycles. The lowest BCUT2D eigenvalue weighted by Gasteiger charge is -2.42. The molecule has 8 rings (SSSR count). The van der Waals surface area contributed by atoms with Gasteiger partial charge in [0, 0.05) is 30.8 Å². The van der Waals surface area contributed by atoms with Crippen molar-refractivity contribution in [1.82, 2.24) is 29.8 Å². The van der Waals surface area contributed by atoms with Crippen LogP contribution in [-0.4, -0.2) is 49.5 Å². The maximum absolute atomic E-state index is 6.33. The molecule has 0 spiro atoms. The number of benzene rings is 1. The van der Waals surface area contributed by atoms with Crippen molar-refractivity contribution >= 4 is 11.3 Å². The average Bonchev–Trinajstić information content (AvgIpc) is 3.66. The van der Waals surface area contributed by atoms with Crippen LogP contribution in [0.4, 0.5) is 5.69 Å². The molecule has 3 aliphatic heterocycles. The number of nitrogens with zero attached hydrogens (tertiary/aromatic N) is 6. The van der Waals surface area contributed by atoms with E-state index in [-0.39, 0.29) is 5.41 Å². The van der Waals surface area contributed by atoms with E-state index in [1.54, 1.807) is 6.33 Å². The Labute approximate surface area is 198 Å². The third-order valence-corrected chi connectivity index (χ3v) is 8.46. The number of aryl methyl sites for hydroxylation is 1. The largest absolute Gasteiger partial charge is 0.369 e. The minimum atomic E-state index is -0.407. The molecule has 1 aliphatic carbocycles. The van der Waals surface area contributed by atoms with Crippen molar-refractivity contribution in [3.05, 3.63) is 71.7 Å². The first-order valence-electron chi connectivity index (χ1n) is 12.2. The summed E-state index contributed by atoms with van der Waals surface area (Å²) in [7, 11) is 0. The summed E-state index contributed by atoms with van der Waals surface area (Å²) in [5.41, 5.74) is 4.42. The molecule has 174 valence electrons. The van der Waals surface area contributed by atoms with Gasteiger partial charge in [-0.1, -0.05) is 37.3 Å². The molecule has 1 saturated carbocycles. The Bertz CT molecular complexity index is 1350. The molecule has 0 amide bonds. The van der Waals surface area contributed by atoms with Gasteiger partial charge in [0.15, 0.2) is 11.5 Å². The van der Waals surface area contributed by atoms with Crippen LogP contribution in [0.2, 0.25) is 0 Å². The van der Waals surface area contributed by atoms with E-state index in [1.807, 2.05) is 4.52 Å². The Balaban J connectivity index is 1.19. The minimum Gasteiger partial charge on any atom is -0.369 e. The van der Waals surface area contributed by atoms with E-state index in [4.69, 9.17) is 14.8 Å². The van der Waals surface area contributed by atoms with E-state index in [0.717, 1.165) is 61.8 Å². The van der Waals surface area contributed by atoms with Gasteiger partial charge >= 0.3 is 0 Å². The number of nitrogens with one attached hydrogen (secondary N) is 1. The molecule has 2 bridgehead atoms. The summed E-state index contributed by atoms with van der Waals surface area (Å²) in [6, 6.07) is 13.1. The molecule has 4 atom stereocenters. The summed E-state index contributed by atoms with van der Waals surface area (Å²) in [5.74, 6) is 2.58. The molecule has 4 aliphatic rings. The Morgan fingerprint density at radius 2 is 2.12 bits per heavy atom. The molecular weight excluding hydrogens is 426 g/mol. The molecule has 8 nitrogen and oxygen atoms in total. The summed E-state index contributed by atoms with van der Waals surface area (Å²) in [6.45, 7) is 7.31. The summed E-state index contributed by atoms with van der Waals surface area (Å²) < 4.78 is 8.29. The van der Waals surface area contributed by atoms with Crippen LogP contribution in [0, 0.1) is 18.8 Å². The Kier molecular flexibility index (Phi) is 4.22. The predicted octanol–water partition coefficient (Wildman–Crippen LogP) is 3.43. The maximum atomic E-state index is 6.33. The van der Waals surface area contributed by atoms with E-state index in [1.165, 1.54) is 11.3 Å². The molecule has 4 fully saturated rings. The molecule has 4 aromatic rings. The fourth-order valence-corrected chi connectivity index (χ4v) is 6.43. The van der Waals surface area contributed by atoms with Gasteiger partial charge in [-0.3, -0.25) is 5.10 Å². The Morgan fingerprint density at radius 1 is 1.24 bits per heavy atom. The first kappa shape index (κ1) is 20.1. The van der Waals surface area contributed by atoms with Crippen molar-refractivity contribution in [3.8, 4) is 0 Å². The molecule has 8 heteroatoms. The second-order valence-electron chi connectivity index (χ2n) is 10.6. The van der Waals surface area contributed by atoms with E-state index in [9.17, 15) is 0 Å². The zero-order valence-corrected chi connectivity index (χ0v) is 19.6. The van der Waals surface area contributed by atoms with Crippen LogP contribution in [-0.2, 0) is 22.2 Å². The first-order valence-corrected chi connectivity index (χ1v) is 12.2. The van der Waals surface area contributed by atoms with E-state index in [2.05, 4.69) is 76.5 Å². The summed E-state index contributed by atoms with van der Waals surface area (Å²) in [6.07, 6.45) is 6.65. The number of rotatable bonds is 5. The number of H-pyrrole nitrogens is 1. The topological polar surface area (TPSA) is 84.2 Å². The first-order chi connectivity index (χ1) is 16.5. The molecule has 1 aromatic carbocycles. The number of pyridine rings is 1. The minimum absolute atomic E-state index is 0.156. The van der Waals surface area contributed by atoms with Crippen LogP contribution in [0.25, 0.3) is 5.65 Å². The molecular formula is C26H29N7O. The SMILES string of the molecule is Cc1cc(N2CC[C@](C)(c3ccccc3)C2)cn2nc(C34CC(CO3)C4Cc3ncn[nH]3)nc12. The second kappa shape index (κ2) is 7.12. The van der Waals surface area contributed by atoms with Crippen molar-refractivity contribution in [3.63, 3.8) is 0 Å². The van der Waals surface area contributed by atoms with Gasteiger partial charge in [-0.15, -0.1) is 5.10 Å². The van der Waals surface area contributed by atoms with Crippen LogP contribution in [0.3, 0.4) is 0 Å². The molecule has 3 aromatic heterocycles. The molecule has 3 saturated heterocycles. The highest BCUT2D eigenvalue weighted by atomic mass is 16.5. The third-order valence-electron chi connectivity index (χ3n) is 8.46. The molecule has 34 heavy (non-hydrogen) atoms. The number of anilines is 1. The standard InChI is InChI=1S/C26H29N7O/c1-17-10-20(32-9-8-25(2,15-32)19-6-4-3-5-7-19)13-33-23(17)29-24(31-33)26-12-18(14-34-26)21(26)11-22-27-16-28-30-22/h3-7,10,13,16,18,21H,8-9,11-12,14-15H2,1-2H3,(H,27,28,30)/t18?,21?,25-,26?/m0/s1. The van der Waals surface area contributed by atoms with Crippen molar-refractivity contribution in [2.24, 2.45) is 11.8 Å². The Hall–Kier alpha value is -3.26. The summed E-state index contributed by atoms with van der Waals surface area (Å²) in [4.78, 5) is 11.8. The lowest BCUT2D eigenvalue weighted by Crippen LogP contribution is -2.47. The highest BCUT2D eigenvalue weighted by Crippen LogP contribution is 2.59. The van der Waals surface area contributed by atoms with Gasteiger partial charge in [0.2, 0.25) is 0 Å². The van der Waals surface area contributed by atoms with E-state index < -0.39 is 5.60 Å². The fraction of sp³-hybridized carbons (Fsp3) is 0.462. The lowest BCUT2D eigenvalue weighted by molar-refractivity contribution is -0.0652. The monoisotopic (exact) mass is 455 g/mol. The highest BCUT2D eigenvalue weighted by Gasteiger charge is 2.64. The summed E-state index contributed by atoms with van der Waals surface area (Å²) >= 11 is 0. The van der Waals surface area contributed by atoms with Gasteiger partial charge < -0.3 is 9.64 Å². The molecule has 3 unspecified atom stereocenters. The zero-order valence-electron chi connectivity index (χ0n) is 19.6. The summed E-state index contributed by atoms with van der Waals surface area (Å²) in [5, 5.41) is 12.0. The van der Waals surface area contributed by atoms with Crippen LogP contribution in [0.1, 0.15) is 42.5 Å². The highest BCUT2D eigenvalue weighted by molar-refractivity contribution is 5.58. The van der Waals surface area contributed by atoms with Crippen LogP contribution < -0.4 is 4.90 Å². The van der Waals surface area contributed by atoms with Crippen LogP contribution >= 0.6 is 0 Å². The number of hydrogen-bond donors (Lipinski definition) is 1. The molecule has 0 radical (unpaired) electrons. The van der Waals surface area contributed by atoms with E-state index in [0.29, 0.717) is 11.8 Å². The lowest BCUT2D eigenvalue weighted by atomic mass is 9.62. The average molecular weight is 456 g/mol. The van der Waals surface area contributed by atoms with Gasteiger partial charge in [0.25, 0.3) is 0 Å². The number of hydrogen-bond acceptors (Lipinski definition) is 6. The van der Waals surface area contributed by atoms with Crippen molar-refractivity contribution in [2.45, 2.75) is 44.1 Å². The van der Waals surface area contributed by atoms with Crippen molar-refractivity contribution in [2.75, 3.05) is 24.6 Å². The van der Waals surface area contributed by atoms with Crippen LogP contribution in [0.5, 0.6) is 0 Å². The van der Waals surface area contributed by atoms with E-state index >= 15 is 0 Å². The van der Waals surface area contributed by atoms with Gasteiger partial charge in [-0.25, -0.2) is 14.5 Å². The Morgan fingerprint density at radius 3 is 2.91 bits per heavy atom. The van der Waals surface area contributed by atoms with Crippen molar-refractivity contribution < 1.29 is 4.74 Å². The number of aromatic amines is 1. The zero-order chi connectivity index (χ0) is 22.9. The maximum Gasteiger partial charge on any atom is 0.183 e. The normalized spacial score (nSPS) is 30.2. The van der Waals surface area contributed by atoms with Crippen LogP contribution in [0.15, 0.2) is 48.9 Å². The quantitative estimate of drug-likeness (QED) is 0.496. The van der Waals surface area contributed by atoms with Gasteiger partial charge in [0.1, 0.15) is 17.8 Å². The molecule has 1 N–H and O–H groups in total. The van der Waals surface area contributed by atoms with Gasteiger partial charge in [0.05, 0.1) is 18.5 Å². The van der Waals surface area contributed by atoms with Gasteiger partial charge in [-0.2, -0.15) is 5.10 Å². The third kappa shape index (κ3) is 2.87. The smallest absolute Gasteiger partial charge is 0.183 e. The number of fused-ring (bicyclic) bond motifs is 2. The second-order valence-corrected chi connectivity index (χ2v) is 10.6. The number of aromatic nitrogens is 6. The van der Waals surface area contributed by atoms with Crippen molar-refractivity contribution in [1.29, 1.82) is 0 Å². The van der Waals surface area contributed by atoms with Gasteiger partial charge in [-0.05, 0) is 42.9 Å². The fourth-order valence-electron chi connectivity index (χ4n) is 6.43.